The number of hydrogen-bond donors (Lipinski definition) is 2. The summed E-state index contributed by atoms with van der Waals surface area (Å²) >= 11 is 3.41. The average Bonchev–Trinajstić information content (AvgIpc) is 2.59. The number of carbonyl (C=O) groups excluding carboxylic acids is 1. The van der Waals surface area contributed by atoms with E-state index in [0.29, 0.717) is 12.5 Å². The van der Waals surface area contributed by atoms with E-state index >= 15 is 0 Å². The first kappa shape index (κ1) is 16.0. The second-order valence-electron chi connectivity index (χ2n) is 6.24. The van der Waals surface area contributed by atoms with Gasteiger partial charge in [0.1, 0.15) is 5.54 Å². The Kier molecular flexibility index (Phi) is 4.71. The molecule has 1 amide bonds. The minimum atomic E-state index is -0.634. The van der Waals surface area contributed by atoms with Crippen molar-refractivity contribution in [2.24, 2.45) is 5.92 Å². The van der Waals surface area contributed by atoms with E-state index in [0.717, 1.165) is 22.9 Å². The molecule has 1 saturated heterocycles. The molecule has 1 heterocycles. The van der Waals surface area contributed by atoms with Crippen LogP contribution in [0.25, 0.3) is 0 Å². The maximum atomic E-state index is 12.6. The van der Waals surface area contributed by atoms with Crippen LogP contribution in [0.5, 0.6) is 0 Å². The van der Waals surface area contributed by atoms with E-state index in [9.17, 15) is 4.79 Å². The Bertz CT molecular complexity index is 541. The molecule has 0 bridgehead atoms. The zero-order valence-corrected chi connectivity index (χ0v) is 14.3. The van der Waals surface area contributed by atoms with Crippen LogP contribution in [0.1, 0.15) is 32.8 Å². The van der Waals surface area contributed by atoms with Crippen LogP contribution in [0.15, 0.2) is 28.7 Å². The van der Waals surface area contributed by atoms with Crippen LogP contribution < -0.4 is 5.32 Å². The number of hydrogen-bond acceptors (Lipinski definition) is 2. The van der Waals surface area contributed by atoms with Gasteiger partial charge >= 0.3 is 0 Å². The molecule has 114 valence electrons. The summed E-state index contributed by atoms with van der Waals surface area (Å²) in [6, 6.07) is 8.06. The third-order valence-electron chi connectivity index (χ3n) is 3.74. The van der Waals surface area contributed by atoms with E-state index in [-0.39, 0.29) is 11.9 Å². The zero-order valence-electron chi connectivity index (χ0n) is 12.7. The Labute approximate surface area is 134 Å². The molecule has 0 spiro atoms. The van der Waals surface area contributed by atoms with E-state index in [2.05, 4.69) is 35.1 Å². The van der Waals surface area contributed by atoms with Gasteiger partial charge in [0.25, 0.3) is 5.91 Å². The van der Waals surface area contributed by atoms with Gasteiger partial charge in [0.15, 0.2) is 5.96 Å². The monoisotopic (exact) mass is 351 g/mol. The first-order chi connectivity index (χ1) is 9.82. The number of amides is 1. The molecular weight excluding hydrogens is 330 g/mol. The fourth-order valence-electron chi connectivity index (χ4n) is 2.84. The molecule has 0 aromatic heterocycles. The largest absolute Gasteiger partial charge is 0.342 e. The van der Waals surface area contributed by atoms with Crippen molar-refractivity contribution in [3.8, 4) is 0 Å². The lowest BCUT2D eigenvalue weighted by molar-refractivity contribution is -0.131. The summed E-state index contributed by atoms with van der Waals surface area (Å²) in [5, 5.41) is 11.1. The van der Waals surface area contributed by atoms with Gasteiger partial charge in [0, 0.05) is 11.0 Å². The van der Waals surface area contributed by atoms with Gasteiger partial charge in [-0.05, 0) is 43.4 Å². The Morgan fingerprint density at radius 2 is 1.95 bits per heavy atom. The van der Waals surface area contributed by atoms with Crippen molar-refractivity contribution < 1.29 is 4.79 Å². The van der Waals surface area contributed by atoms with Crippen LogP contribution in [0, 0.1) is 11.3 Å². The van der Waals surface area contributed by atoms with Gasteiger partial charge in [-0.1, -0.05) is 41.9 Å². The Morgan fingerprint density at radius 1 is 1.33 bits per heavy atom. The van der Waals surface area contributed by atoms with Crippen molar-refractivity contribution in [1.29, 1.82) is 5.41 Å². The smallest absolute Gasteiger partial charge is 0.254 e. The highest BCUT2D eigenvalue weighted by atomic mass is 79.9. The third-order valence-corrected chi connectivity index (χ3v) is 4.26. The molecule has 21 heavy (non-hydrogen) atoms. The average molecular weight is 352 g/mol. The summed E-state index contributed by atoms with van der Waals surface area (Å²) < 4.78 is 1.04. The van der Waals surface area contributed by atoms with Crippen LogP contribution in [0.3, 0.4) is 0 Å². The molecule has 2 rings (SSSR count). The first-order valence-corrected chi connectivity index (χ1v) is 8.04. The summed E-state index contributed by atoms with van der Waals surface area (Å²) in [6.07, 6.45) is 1.49. The maximum absolute atomic E-state index is 12.6. The number of benzene rings is 1. The zero-order chi connectivity index (χ0) is 15.6. The fraction of sp³-hybridized carbons (Fsp3) is 0.500. The lowest BCUT2D eigenvalue weighted by Gasteiger charge is -2.24. The number of nitrogens with one attached hydrogen (secondary N) is 2. The van der Waals surface area contributed by atoms with Gasteiger partial charge in [-0.3, -0.25) is 15.1 Å². The number of halogens is 1. The third kappa shape index (κ3) is 3.64. The number of rotatable bonds is 5. The molecule has 0 radical (unpaired) electrons. The van der Waals surface area contributed by atoms with Crippen molar-refractivity contribution in [2.45, 2.75) is 39.2 Å². The quantitative estimate of drug-likeness (QED) is 0.855. The normalized spacial score (nSPS) is 22.0. The number of carbonyl (C=O) groups is 1. The lowest BCUT2D eigenvalue weighted by Crippen LogP contribution is -2.45. The molecule has 0 saturated carbocycles. The predicted octanol–water partition coefficient (Wildman–Crippen LogP) is 3.16. The standard InChI is InChI=1S/C16H22BrN3O/c1-11(2)10-16(3)14(21)20(15(18)19-16)9-8-12-4-6-13(17)7-5-12/h4-7,11H,8-10H2,1-3H3,(H2,18,19). The van der Waals surface area contributed by atoms with E-state index < -0.39 is 5.54 Å². The molecule has 1 aliphatic heterocycles. The van der Waals surface area contributed by atoms with E-state index in [1.807, 2.05) is 31.2 Å². The Morgan fingerprint density at radius 3 is 2.52 bits per heavy atom. The summed E-state index contributed by atoms with van der Waals surface area (Å²) in [6.45, 7) is 6.62. The van der Waals surface area contributed by atoms with Gasteiger partial charge in [-0.2, -0.15) is 0 Å². The first-order valence-electron chi connectivity index (χ1n) is 7.25. The van der Waals surface area contributed by atoms with Crippen LogP contribution in [-0.2, 0) is 11.2 Å². The fourth-order valence-corrected chi connectivity index (χ4v) is 3.11. The van der Waals surface area contributed by atoms with Gasteiger partial charge in [0.2, 0.25) is 0 Å². The molecule has 1 unspecified atom stereocenters. The Hall–Kier alpha value is -1.36. The summed E-state index contributed by atoms with van der Waals surface area (Å²) in [5.74, 6) is 0.643. The molecular formula is C16H22BrN3O. The summed E-state index contributed by atoms with van der Waals surface area (Å²) in [7, 11) is 0. The molecule has 1 aliphatic rings. The van der Waals surface area contributed by atoms with Crippen LogP contribution in [0.4, 0.5) is 0 Å². The summed E-state index contributed by atoms with van der Waals surface area (Å²) in [5.41, 5.74) is 0.529. The lowest BCUT2D eigenvalue weighted by atomic mass is 9.91. The highest BCUT2D eigenvalue weighted by molar-refractivity contribution is 9.10. The molecule has 1 aromatic rings. The highest BCUT2D eigenvalue weighted by Crippen LogP contribution is 2.24. The number of guanidine groups is 1. The molecule has 1 aromatic carbocycles. The molecule has 1 atom stereocenters. The topological polar surface area (TPSA) is 56.2 Å². The van der Waals surface area contributed by atoms with Crippen molar-refractivity contribution in [2.75, 3.05) is 6.54 Å². The van der Waals surface area contributed by atoms with Crippen LogP contribution in [-0.4, -0.2) is 28.9 Å². The van der Waals surface area contributed by atoms with Crippen molar-refractivity contribution in [3.63, 3.8) is 0 Å². The molecule has 2 N–H and O–H groups in total. The molecule has 0 aliphatic carbocycles. The van der Waals surface area contributed by atoms with Crippen molar-refractivity contribution >= 4 is 27.8 Å². The predicted molar refractivity (Wildman–Crippen MR) is 88.3 cm³/mol. The highest BCUT2D eigenvalue weighted by Gasteiger charge is 2.45. The van der Waals surface area contributed by atoms with Crippen molar-refractivity contribution in [1.82, 2.24) is 10.2 Å². The molecule has 1 fully saturated rings. The van der Waals surface area contributed by atoms with Gasteiger partial charge < -0.3 is 5.32 Å². The van der Waals surface area contributed by atoms with E-state index in [1.165, 1.54) is 0 Å². The molecule has 5 heteroatoms. The van der Waals surface area contributed by atoms with Gasteiger partial charge in [-0.25, -0.2) is 0 Å². The minimum Gasteiger partial charge on any atom is -0.342 e. The van der Waals surface area contributed by atoms with Gasteiger partial charge in [-0.15, -0.1) is 0 Å². The van der Waals surface area contributed by atoms with E-state index in [1.54, 1.807) is 4.90 Å². The number of nitrogens with zero attached hydrogens (tertiary/aromatic N) is 1. The maximum Gasteiger partial charge on any atom is 0.254 e. The van der Waals surface area contributed by atoms with Crippen molar-refractivity contribution in [3.05, 3.63) is 34.3 Å². The van der Waals surface area contributed by atoms with Crippen LogP contribution in [0.2, 0.25) is 0 Å². The minimum absolute atomic E-state index is 0.0123. The second-order valence-corrected chi connectivity index (χ2v) is 7.15. The summed E-state index contributed by atoms with van der Waals surface area (Å²) in [4.78, 5) is 14.1. The van der Waals surface area contributed by atoms with Gasteiger partial charge in [0.05, 0.1) is 0 Å². The SMILES string of the molecule is CC(C)CC1(C)NC(=N)N(CCc2ccc(Br)cc2)C1=O. The molecule has 4 nitrogen and oxygen atoms in total. The Balaban J connectivity index is 2.02. The van der Waals surface area contributed by atoms with E-state index in [4.69, 9.17) is 5.41 Å². The van der Waals surface area contributed by atoms with Crippen LogP contribution >= 0.6 is 15.9 Å². The second kappa shape index (κ2) is 6.18.